The number of nitrogens with zero attached hydrogens (tertiary/aromatic N) is 1. The van der Waals surface area contributed by atoms with Crippen molar-refractivity contribution in [2.75, 3.05) is 5.32 Å². The molecule has 0 unspecified atom stereocenters. The first-order valence-corrected chi connectivity index (χ1v) is 10.1. The first kappa shape index (κ1) is 23.3. The zero-order valence-corrected chi connectivity index (χ0v) is 18.4. The van der Waals surface area contributed by atoms with Gasteiger partial charge in [0.05, 0.1) is 22.5 Å². The number of esters is 1. The summed E-state index contributed by atoms with van der Waals surface area (Å²) in [6.07, 6.45) is 1.32. The number of halogens is 3. The van der Waals surface area contributed by atoms with Crippen molar-refractivity contribution in [3.8, 4) is 5.75 Å². The third kappa shape index (κ3) is 6.55. The lowest BCUT2D eigenvalue weighted by molar-refractivity contribution is -0.136. The number of nitrogens with one attached hydrogen (secondary N) is 2. The summed E-state index contributed by atoms with van der Waals surface area (Å²) in [5.74, 6) is -2.19. The van der Waals surface area contributed by atoms with Crippen LogP contribution >= 0.6 is 34.8 Å². The molecule has 0 aliphatic rings. The van der Waals surface area contributed by atoms with Crippen molar-refractivity contribution in [1.29, 1.82) is 0 Å². The monoisotopic (exact) mass is 489 g/mol. The molecular weight excluding hydrogens is 477 g/mol. The van der Waals surface area contributed by atoms with Crippen LogP contribution in [0.1, 0.15) is 15.9 Å². The van der Waals surface area contributed by atoms with E-state index in [1.807, 2.05) is 0 Å². The summed E-state index contributed by atoms with van der Waals surface area (Å²) >= 11 is 17.7. The Labute approximate surface area is 197 Å². The number of hydrogen-bond acceptors (Lipinski definition) is 5. The molecule has 0 saturated heterocycles. The van der Waals surface area contributed by atoms with Crippen LogP contribution in [0.4, 0.5) is 5.69 Å². The molecule has 3 aromatic carbocycles. The number of anilines is 1. The van der Waals surface area contributed by atoms with E-state index in [9.17, 15) is 14.4 Å². The fourth-order valence-corrected chi connectivity index (χ4v) is 2.92. The number of hydrogen-bond donors (Lipinski definition) is 2. The minimum Gasteiger partial charge on any atom is -0.423 e. The normalized spacial score (nSPS) is 10.6. The number of rotatable bonds is 5. The molecule has 7 nitrogen and oxygen atoms in total. The van der Waals surface area contributed by atoms with Crippen molar-refractivity contribution in [1.82, 2.24) is 5.43 Å². The quantitative estimate of drug-likeness (QED) is 0.174. The third-order valence-electron chi connectivity index (χ3n) is 3.91. The van der Waals surface area contributed by atoms with Crippen molar-refractivity contribution < 1.29 is 19.1 Å². The topological polar surface area (TPSA) is 96.9 Å². The predicted molar refractivity (Wildman–Crippen MR) is 124 cm³/mol. The van der Waals surface area contributed by atoms with E-state index in [-0.39, 0.29) is 10.7 Å². The van der Waals surface area contributed by atoms with Crippen molar-refractivity contribution in [3.63, 3.8) is 0 Å². The molecule has 0 bridgehead atoms. The maximum absolute atomic E-state index is 12.1. The maximum atomic E-state index is 12.1. The molecule has 0 aromatic heterocycles. The SMILES string of the molecule is O=C(NN=Cc1ccc(OC(=O)c2cccc(Cl)c2)cc1)C(=O)Nc1cc(Cl)ccc1Cl. The molecule has 0 heterocycles. The van der Waals surface area contributed by atoms with Crippen LogP contribution in [0.5, 0.6) is 5.75 Å². The summed E-state index contributed by atoms with van der Waals surface area (Å²) in [5.41, 5.74) is 3.22. The van der Waals surface area contributed by atoms with Gasteiger partial charge in [-0.15, -0.1) is 0 Å². The Bertz CT molecular complexity index is 1200. The van der Waals surface area contributed by atoms with Crippen LogP contribution < -0.4 is 15.5 Å². The lowest BCUT2D eigenvalue weighted by Gasteiger charge is -2.06. The van der Waals surface area contributed by atoms with Gasteiger partial charge in [0.2, 0.25) is 0 Å². The summed E-state index contributed by atoms with van der Waals surface area (Å²) in [7, 11) is 0. The highest BCUT2D eigenvalue weighted by atomic mass is 35.5. The molecule has 3 rings (SSSR count). The van der Waals surface area contributed by atoms with Crippen LogP contribution in [0.15, 0.2) is 71.8 Å². The van der Waals surface area contributed by atoms with E-state index in [2.05, 4.69) is 15.8 Å². The fourth-order valence-electron chi connectivity index (χ4n) is 2.39. The molecule has 0 aliphatic heterocycles. The second-order valence-corrected chi connectivity index (χ2v) is 7.53. The van der Waals surface area contributed by atoms with Gasteiger partial charge >= 0.3 is 17.8 Å². The van der Waals surface area contributed by atoms with E-state index >= 15 is 0 Å². The maximum Gasteiger partial charge on any atom is 0.343 e. The Morgan fingerprint density at radius 1 is 0.844 bits per heavy atom. The van der Waals surface area contributed by atoms with Gasteiger partial charge in [0.15, 0.2) is 0 Å². The van der Waals surface area contributed by atoms with Gasteiger partial charge in [-0.3, -0.25) is 9.59 Å². The van der Waals surface area contributed by atoms with Crippen molar-refractivity contribution in [2.24, 2.45) is 5.10 Å². The van der Waals surface area contributed by atoms with Gasteiger partial charge in [-0.1, -0.05) is 40.9 Å². The van der Waals surface area contributed by atoms with E-state index in [1.54, 1.807) is 48.5 Å². The van der Waals surface area contributed by atoms with Gasteiger partial charge in [0.1, 0.15) is 5.75 Å². The Balaban J connectivity index is 1.53. The average Bonchev–Trinajstić information content (AvgIpc) is 2.77. The summed E-state index contributed by atoms with van der Waals surface area (Å²) < 4.78 is 5.27. The number of hydrazone groups is 1. The fraction of sp³-hybridized carbons (Fsp3) is 0. The smallest absolute Gasteiger partial charge is 0.343 e. The Morgan fingerprint density at radius 2 is 1.56 bits per heavy atom. The first-order valence-electron chi connectivity index (χ1n) is 8.99. The van der Waals surface area contributed by atoms with Crippen LogP contribution in [-0.2, 0) is 9.59 Å². The Hall–Kier alpha value is -3.39. The molecular formula is C22H14Cl3N3O4. The summed E-state index contributed by atoms with van der Waals surface area (Å²) in [6.45, 7) is 0. The largest absolute Gasteiger partial charge is 0.423 e. The number of amides is 2. The third-order valence-corrected chi connectivity index (χ3v) is 4.71. The highest BCUT2D eigenvalue weighted by Crippen LogP contribution is 2.25. The first-order chi connectivity index (χ1) is 15.3. The highest BCUT2D eigenvalue weighted by Gasteiger charge is 2.15. The van der Waals surface area contributed by atoms with Crippen molar-refractivity contribution in [3.05, 3.63) is 92.9 Å². The van der Waals surface area contributed by atoms with E-state index in [0.717, 1.165) is 0 Å². The van der Waals surface area contributed by atoms with Gasteiger partial charge in [0.25, 0.3) is 0 Å². The van der Waals surface area contributed by atoms with Crippen LogP contribution in [0.25, 0.3) is 0 Å². The molecule has 162 valence electrons. The molecule has 0 atom stereocenters. The molecule has 2 N–H and O–H groups in total. The molecule has 0 saturated carbocycles. The van der Waals surface area contributed by atoms with Gasteiger partial charge in [-0.2, -0.15) is 5.10 Å². The van der Waals surface area contributed by atoms with Crippen molar-refractivity contribution in [2.45, 2.75) is 0 Å². The van der Waals surface area contributed by atoms with E-state index in [0.29, 0.717) is 26.9 Å². The van der Waals surface area contributed by atoms with Gasteiger partial charge in [-0.25, -0.2) is 10.2 Å². The molecule has 3 aromatic rings. The number of carbonyl (C=O) groups is 3. The predicted octanol–water partition coefficient (Wildman–Crippen LogP) is 4.95. The number of carbonyl (C=O) groups excluding carboxylic acids is 3. The molecule has 0 fully saturated rings. The van der Waals surface area contributed by atoms with Crippen LogP contribution in [0, 0.1) is 0 Å². The van der Waals surface area contributed by atoms with Crippen molar-refractivity contribution >= 4 is 64.5 Å². The molecule has 0 aliphatic carbocycles. The molecule has 2 amide bonds. The van der Waals surface area contributed by atoms with Gasteiger partial charge in [0, 0.05) is 10.0 Å². The standard InChI is InChI=1S/C22H14Cl3N3O4/c23-15-3-1-2-14(10-15)22(31)32-17-7-4-13(5-8-17)12-26-28-21(30)20(29)27-19-11-16(24)6-9-18(19)25/h1-12H,(H,27,29)(H,28,30). The summed E-state index contributed by atoms with van der Waals surface area (Å²) in [4.78, 5) is 36.0. The van der Waals surface area contributed by atoms with Crippen LogP contribution in [-0.4, -0.2) is 24.0 Å². The molecule has 32 heavy (non-hydrogen) atoms. The zero-order chi connectivity index (χ0) is 23.1. The Kier molecular flexibility index (Phi) is 7.83. The van der Waals surface area contributed by atoms with E-state index in [4.69, 9.17) is 39.5 Å². The number of benzene rings is 3. The molecule has 0 radical (unpaired) electrons. The van der Waals surface area contributed by atoms with Gasteiger partial charge < -0.3 is 10.1 Å². The summed E-state index contributed by atoms with van der Waals surface area (Å²) in [5, 5.41) is 7.08. The van der Waals surface area contributed by atoms with E-state index in [1.165, 1.54) is 24.4 Å². The van der Waals surface area contributed by atoms with Crippen LogP contribution in [0.2, 0.25) is 15.1 Å². The minimum atomic E-state index is -0.996. The zero-order valence-electron chi connectivity index (χ0n) is 16.1. The molecule has 0 spiro atoms. The lowest BCUT2D eigenvalue weighted by Crippen LogP contribution is -2.32. The summed E-state index contributed by atoms with van der Waals surface area (Å²) in [6, 6.07) is 17.2. The van der Waals surface area contributed by atoms with E-state index < -0.39 is 17.8 Å². The Morgan fingerprint density at radius 3 is 2.28 bits per heavy atom. The highest BCUT2D eigenvalue weighted by molar-refractivity contribution is 6.42. The number of ether oxygens (including phenoxy) is 1. The second-order valence-electron chi connectivity index (χ2n) is 6.25. The molecule has 10 heteroatoms. The second kappa shape index (κ2) is 10.8. The lowest BCUT2D eigenvalue weighted by atomic mass is 10.2. The van der Waals surface area contributed by atoms with Crippen LogP contribution in [0.3, 0.4) is 0 Å². The minimum absolute atomic E-state index is 0.200. The van der Waals surface area contributed by atoms with Gasteiger partial charge in [-0.05, 0) is 66.2 Å². The average molecular weight is 491 g/mol.